The fourth-order valence-corrected chi connectivity index (χ4v) is 2.42. The fraction of sp³-hybridized carbons (Fsp3) is 0.692. The van der Waals surface area contributed by atoms with Crippen LogP contribution >= 0.6 is 0 Å². The van der Waals surface area contributed by atoms with Gasteiger partial charge < -0.3 is 15.0 Å². The first-order valence-electron chi connectivity index (χ1n) is 6.57. The van der Waals surface area contributed by atoms with Crippen LogP contribution < -0.4 is 5.32 Å². The summed E-state index contributed by atoms with van der Waals surface area (Å²) >= 11 is 0. The average Bonchev–Trinajstić information content (AvgIpc) is 3.02. The maximum Gasteiger partial charge on any atom is 0.416 e. The predicted molar refractivity (Wildman–Crippen MR) is 68.3 cm³/mol. The maximum atomic E-state index is 12.6. The van der Waals surface area contributed by atoms with Gasteiger partial charge in [-0.1, -0.05) is 0 Å². The first-order chi connectivity index (χ1) is 9.54. The number of halogens is 3. The maximum absolute atomic E-state index is 12.6. The molecule has 0 spiro atoms. The van der Waals surface area contributed by atoms with E-state index in [1.54, 1.807) is 24.1 Å². The van der Waals surface area contributed by atoms with Crippen LogP contribution in [0.25, 0.3) is 0 Å². The molecule has 1 amide bonds. The number of aliphatic hydroxyl groups is 1. The molecule has 0 saturated heterocycles. The first kappa shape index (κ1) is 15.8. The molecule has 118 valence electrons. The number of amides is 1. The zero-order valence-electron chi connectivity index (χ0n) is 12.0. The Morgan fingerprint density at radius 1 is 1.52 bits per heavy atom. The molecule has 0 aromatic carbocycles. The molecule has 0 bridgehead atoms. The van der Waals surface area contributed by atoms with Crippen LogP contribution in [0.1, 0.15) is 31.9 Å². The van der Waals surface area contributed by atoms with Crippen LogP contribution in [0.3, 0.4) is 0 Å². The van der Waals surface area contributed by atoms with Gasteiger partial charge in [-0.15, -0.1) is 0 Å². The molecule has 1 unspecified atom stereocenters. The van der Waals surface area contributed by atoms with Crippen molar-refractivity contribution in [2.45, 2.75) is 44.0 Å². The fourth-order valence-electron chi connectivity index (χ4n) is 2.42. The summed E-state index contributed by atoms with van der Waals surface area (Å²) in [6.07, 6.45) is -3.55. The van der Waals surface area contributed by atoms with Gasteiger partial charge in [-0.05, 0) is 20.3 Å². The van der Waals surface area contributed by atoms with Crippen molar-refractivity contribution in [2.24, 2.45) is 13.0 Å². The number of aromatic nitrogens is 2. The summed E-state index contributed by atoms with van der Waals surface area (Å²) in [5, 5.41) is 11.6. The summed E-state index contributed by atoms with van der Waals surface area (Å²) < 4.78 is 39.4. The minimum absolute atomic E-state index is 0.0312. The Morgan fingerprint density at radius 3 is 2.62 bits per heavy atom. The number of nitrogens with one attached hydrogen (secondary N) is 1. The monoisotopic (exact) mass is 305 g/mol. The third-order valence-electron chi connectivity index (χ3n) is 3.80. The number of aryl methyl sites for hydroxylation is 1. The Bertz CT molecular complexity index is 539. The molecule has 0 radical (unpaired) electrons. The minimum atomic E-state index is -4.78. The van der Waals surface area contributed by atoms with Crippen LogP contribution in [0.4, 0.5) is 13.2 Å². The number of hydrogen-bond donors (Lipinski definition) is 2. The molecular weight excluding hydrogens is 287 g/mol. The number of aliphatic hydroxyl groups excluding tert-OH is 1. The van der Waals surface area contributed by atoms with E-state index >= 15 is 0 Å². The predicted octanol–water partition coefficient (Wildman–Crippen LogP) is 1.34. The molecule has 21 heavy (non-hydrogen) atoms. The second-order valence-corrected chi connectivity index (χ2v) is 6.03. The van der Waals surface area contributed by atoms with E-state index in [1.807, 2.05) is 0 Å². The molecule has 5 nitrogen and oxygen atoms in total. The number of imidazole rings is 1. The summed E-state index contributed by atoms with van der Waals surface area (Å²) in [7, 11) is 1.80. The normalized spacial score (nSPS) is 23.8. The van der Waals surface area contributed by atoms with E-state index in [0.29, 0.717) is 6.42 Å². The van der Waals surface area contributed by atoms with Crippen molar-refractivity contribution in [2.75, 3.05) is 0 Å². The van der Waals surface area contributed by atoms with Crippen LogP contribution in [-0.4, -0.2) is 38.4 Å². The molecule has 0 aliphatic heterocycles. The molecule has 1 aromatic rings. The highest BCUT2D eigenvalue weighted by molar-refractivity contribution is 5.83. The molecule has 2 N–H and O–H groups in total. The minimum Gasteiger partial charge on any atom is -0.382 e. The molecule has 8 heteroatoms. The van der Waals surface area contributed by atoms with Gasteiger partial charge >= 0.3 is 6.18 Å². The van der Waals surface area contributed by atoms with Gasteiger partial charge in [0.05, 0.1) is 11.9 Å². The smallest absolute Gasteiger partial charge is 0.382 e. The van der Waals surface area contributed by atoms with Gasteiger partial charge in [0.25, 0.3) is 0 Å². The second-order valence-electron chi connectivity index (χ2n) is 6.03. The van der Waals surface area contributed by atoms with Crippen molar-refractivity contribution < 1.29 is 23.1 Å². The molecule has 1 aromatic heterocycles. The Labute approximate surface area is 120 Å². The summed E-state index contributed by atoms with van der Waals surface area (Å²) in [4.78, 5) is 16.0. The molecule has 3 atom stereocenters. The summed E-state index contributed by atoms with van der Waals surface area (Å²) in [5.74, 6) is -0.883. The number of alkyl halides is 3. The zero-order valence-corrected chi connectivity index (χ0v) is 12.0. The van der Waals surface area contributed by atoms with Crippen molar-refractivity contribution in [3.8, 4) is 0 Å². The van der Waals surface area contributed by atoms with Crippen LogP contribution in [-0.2, 0) is 11.8 Å². The third kappa shape index (κ3) is 3.20. The topological polar surface area (TPSA) is 67.2 Å². The number of carbonyl (C=O) groups excluding carboxylic acids is 1. The second kappa shape index (κ2) is 5.01. The Morgan fingerprint density at radius 2 is 2.14 bits per heavy atom. The van der Waals surface area contributed by atoms with E-state index in [0.717, 1.165) is 19.5 Å². The van der Waals surface area contributed by atoms with Gasteiger partial charge in [-0.3, -0.25) is 4.79 Å². The lowest BCUT2D eigenvalue weighted by Crippen LogP contribution is -2.58. The molecule has 1 fully saturated rings. The van der Waals surface area contributed by atoms with Crippen molar-refractivity contribution in [1.82, 2.24) is 14.9 Å². The van der Waals surface area contributed by atoms with E-state index in [2.05, 4.69) is 10.3 Å². The molecule has 1 saturated carbocycles. The van der Waals surface area contributed by atoms with Crippen molar-refractivity contribution in [3.05, 3.63) is 18.2 Å². The quantitative estimate of drug-likeness (QED) is 0.882. The van der Waals surface area contributed by atoms with Gasteiger partial charge in [0, 0.05) is 30.8 Å². The van der Waals surface area contributed by atoms with Gasteiger partial charge in [0.15, 0.2) is 6.10 Å². The first-order valence-corrected chi connectivity index (χ1v) is 6.57. The lowest BCUT2D eigenvalue weighted by Gasteiger charge is -2.32. The highest BCUT2D eigenvalue weighted by Gasteiger charge is 2.52. The van der Waals surface area contributed by atoms with Gasteiger partial charge in [0.2, 0.25) is 5.91 Å². The standard InChI is InChI=1S/C13H18F3N3O2/c1-12(2,11(21)13(14,15)16)18-10(20)8-4-7(8)9-5-17-6-19(9)3/h5-8,11,21H,4H2,1-3H3,(H,18,20)/t7-,8-,11?/m1/s1. The van der Waals surface area contributed by atoms with E-state index in [-0.39, 0.29) is 11.8 Å². The highest BCUT2D eigenvalue weighted by atomic mass is 19.4. The lowest BCUT2D eigenvalue weighted by molar-refractivity contribution is -0.223. The van der Waals surface area contributed by atoms with E-state index < -0.39 is 23.7 Å². The number of nitrogens with zero attached hydrogens (tertiary/aromatic N) is 2. The van der Waals surface area contributed by atoms with Crippen molar-refractivity contribution >= 4 is 5.91 Å². The van der Waals surface area contributed by atoms with Gasteiger partial charge in [0.1, 0.15) is 0 Å². The molecule has 2 rings (SSSR count). The number of rotatable bonds is 4. The molecule has 1 aliphatic rings. The third-order valence-corrected chi connectivity index (χ3v) is 3.80. The summed E-state index contributed by atoms with van der Waals surface area (Å²) in [6, 6.07) is 0. The molecule has 1 aliphatic carbocycles. The molecule has 1 heterocycles. The highest BCUT2D eigenvalue weighted by Crippen LogP contribution is 2.47. The lowest BCUT2D eigenvalue weighted by atomic mass is 9.96. The number of hydrogen-bond acceptors (Lipinski definition) is 3. The van der Waals surface area contributed by atoms with Crippen LogP contribution in [0.15, 0.2) is 12.5 Å². The van der Waals surface area contributed by atoms with Crippen LogP contribution in [0, 0.1) is 5.92 Å². The molecular formula is C13H18F3N3O2. The summed E-state index contributed by atoms with van der Waals surface area (Å²) in [6.45, 7) is 2.31. The Kier molecular flexibility index (Phi) is 3.77. The van der Waals surface area contributed by atoms with E-state index in [4.69, 9.17) is 0 Å². The largest absolute Gasteiger partial charge is 0.416 e. The van der Waals surface area contributed by atoms with Gasteiger partial charge in [-0.25, -0.2) is 4.98 Å². The van der Waals surface area contributed by atoms with E-state index in [9.17, 15) is 23.1 Å². The van der Waals surface area contributed by atoms with E-state index in [1.165, 1.54) is 0 Å². The van der Waals surface area contributed by atoms with Gasteiger partial charge in [-0.2, -0.15) is 13.2 Å². The van der Waals surface area contributed by atoms with Crippen molar-refractivity contribution in [3.63, 3.8) is 0 Å². The number of carbonyl (C=O) groups is 1. The summed E-state index contributed by atoms with van der Waals surface area (Å²) in [5.41, 5.74) is -0.890. The Balaban J connectivity index is 1.99. The van der Waals surface area contributed by atoms with Crippen LogP contribution in [0.5, 0.6) is 0 Å². The van der Waals surface area contributed by atoms with Crippen LogP contribution in [0.2, 0.25) is 0 Å². The SMILES string of the molecule is Cn1cncc1[C@@H]1C[C@H]1C(=O)NC(C)(C)C(O)C(F)(F)F. The average molecular weight is 305 g/mol. The zero-order chi connectivity index (χ0) is 16.0. The van der Waals surface area contributed by atoms with Crippen molar-refractivity contribution in [1.29, 1.82) is 0 Å². The Hall–Kier alpha value is -1.57.